The zero-order valence-corrected chi connectivity index (χ0v) is 18.6. The van der Waals surface area contributed by atoms with E-state index in [2.05, 4.69) is 28.1 Å². The molecule has 6 heteroatoms. The van der Waals surface area contributed by atoms with Crippen molar-refractivity contribution in [3.05, 3.63) is 53.6 Å². The van der Waals surface area contributed by atoms with E-state index in [0.29, 0.717) is 12.1 Å². The van der Waals surface area contributed by atoms with Gasteiger partial charge in [-0.05, 0) is 53.9 Å². The molecule has 4 rings (SSSR count). The second-order valence-electron chi connectivity index (χ2n) is 8.37. The molecular formula is C25H32N4O2. The smallest absolute Gasteiger partial charge is 0.251 e. The van der Waals surface area contributed by atoms with Crippen molar-refractivity contribution in [1.29, 1.82) is 0 Å². The summed E-state index contributed by atoms with van der Waals surface area (Å²) in [6.07, 6.45) is 0.886. The molecule has 31 heavy (non-hydrogen) atoms. The van der Waals surface area contributed by atoms with Crippen LogP contribution in [0, 0.1) is 0 Å². The van der Waals surface area contributed by atoms with E-state index in [1.54, 1.807) is 6.92 Å². The average Bonchev–Trinajstić information content (AvgIpc) is 3.23. The average molecular weight is 421 g/mol. The Morgan fingerprint density at radius 1 is 0.903 bits per heavy atom. The van der Waals surface area contributed by atoms with Crippen molar-refractivity contribution in [3.8, 4) is 11.1 Å². The number of anilines is 1. The fourth-order valence-electron chi connectivity index (χ4n) is 4.48. The van der Waals surface area contributed by atoms with Gasteiger partial charge < -0.3 is 15.1 Å². The lowest BCUT2D eigenvalue weighted by Crippen LogP contribution is -2.48. The molecule has 2 aromatic rings. The van der Waals surface area contributed by atoms with Gasteiger partial charge in [0.15, 0.2) is 0 Å². The monoisotopic (exact) mass is 420 g/mol. The van der Waals surface area contributed by atoms with Gasteiger partial charge in [-0.3, -0.25) is 14.5 Å². The Labute approximate surface area is 184 Å². The molecule has 0 atom stereocenters. The van der Waals surface area contributed by atoms with Crippen LogP contribution in [0.2, 0.25) is 0 Å². The molecule has 2 heterocycles. The molecule has 6 nitrogen and oxygen atoms in total. The fraction of sp³-hybridized carbons (Fsp3) is 0.440. The standard InChI is InChI=1S/C25H32N4O2/c1-3-27-14-16-28(17-15-27)13-11-26-25(31)21-6-4-20(5-7-21)22-8-9-24-23(18-22)10-12-29(24)19(2)30/h4-9,18H,3,10-17H2,1-2H3,(H,26,31). The first-order valence-corrected chi connectivity index (χ1v) is 11.3. The topological polar surface area (TPSA) is 55.9 Å². The third-order valence-electron chi connectivity index (χ3n) is 6.46. The van der Waals surface area contributed by atoms with Crippen molar-refractivity contribution < 1.29 is 9.59 Å². The summed E-state index contributed by atoms with van der Waals surface area (Å²) in [5.41, 5.74) is 5.10. The first-order valence-electron chi connectivity index (χ1n) is 11.3. The van der Waals surface area contributed by atoms with Gasteiger partial charge in [-0.15, -0.1) is 0 Å². The Morgan fingerprint density at radius 3 is 2.26 bits per heavy atom. The number of hydrogen-bond acceptors (Lipinski definition) is 4. The van der Waals surface area contributed by atoms with Crippen LogP contribution in [0.25, 0.3) is 11.1 Å². The predicted octanol–water partition coefficient (Wildman–Crippen LogP) is 2.63. The largest absolute Gasteiger partial charge is 0.351 e. The molecule has 0 aromatic heterocycles. The van der Waals surface area contributed by atoms with E-state index in [0.717, 1.165) is 69.0 Å². The van der Waals surface area contributed by atoms with Crippen LogP contribution in [0.1, 0.15) is 29.8 Å². The lowest BCUT2D eigenvalue weighted by Gasteiger charge is -2.33. The minimum Gasteiger partial charge on any atom is -0.351 e. The Kier molecular flexibility index (Phi) is 6.68. The van der Waals surface area contributed by atoms with Crippen molar-refractivity contribution in [1.82, 2.24) is 15.1 Å². The highest BCUT2D eigenvalue weighted by Crippen LogP contribution is 2.32. The van der Waals surface area contributed by atoms with Crippen LogP contribution in [0.4, 0.5) is 5.69 Å². The SMILES string of the molecule is CCN1CCN(CCNC(=O)c2ccc(-c3ccc4c(c3)CCN4C(C)=O)cc2)CC1. The number of rotatable bonds is 6. The summed E-state index contributed by atoms with van der Waals surface area (Å²) in [6, 6.07) is 14.0. The molecule has 0 bridgehead atoms. The highest BCUT2D eigenvalue weighted by Gasteiger charge is 2.22. The van der Waals surface area contributed by atoms with Gasteiger partial charge >= 0.3 is 0 Å². The minimum absolute atomic E-state index is 0.0233. The summed E-state index contributed by atoms with van der Waals surface area (Å²) in [7, 11) is 0. The Morgan fingerprint density at radius 2 is 1.58 bits per heavy atom. The lowest BCUT2D eigenvalue weighted by molar-refractivity contribution is -0.116. The normalized spacial score (nSPS) is 16.9. The predicted molar refractivity (Wildman–Crippen MR) is 124 cm³/mol. The van der Waals surface area contributed by atoms with E-state index >= 15 is 0 Å². The van der Waals surface area contributed by atoms with Gasteiger partial charge in [0, 0.05) is 64.0 Å². The van der Waals surface area contributed by atoms with E-state index in [1.807, 2.05) is 41.3 Å². The lowest BCUT2D eigenvalue weighted by atomic mass is 10.0. The van der Waals surface area contributed by atoms with Gasteiger partial charge in [0.25, 0.3) is 5.91 Å². The molecule has 0 saturated carbocycles. The molecule has 0 aliphatic carbocycles. The Hall–Kier alpha value is -2.70. The van der Waals surface area contributed by atoms with E-state index in [4.69, 9.17) is 0 Å². The van der Waals surface area contributed by atoms with Crippen molar-refractivity contribution in [3.63, 3.8) is 0 Å². The summed E-state index contributed by atoms with van der Waals surface area (Å²) in [5, 5.41) is 3.05. The molecule has 2 amide bonds. The molecule has 1 N–H and O–H groups in total. The van der Waals surface area contributed by atoms with Gasteiger partial charge in [0.2, 0.25) is 5.91 Å². The maximum atomic E-state index is 12.5. The molecular weight excluding hydrogens is 388 g/mol. The Bertz CT molecular complexity index is 933. The summed E-state index contributed by atoms with van der Waals surface area (Å²) < 4.78 is 0. The molecule has 0 radical (unpaired) electrons. The summed E-state index contributed by atoms with van der Waals surface area (Å²) in [6.45, 7) is 11.6. The second-order valence-corrected chi connectivity index (χ2v) is 8.37. The fourth-order valence-corrected chi connectivity index (χ4v) is 4.48. The van der Waals surface area contributed by atoms with Crippen LogP contribution in [0.3, 0.4) is 0 Å². The zero-order chi connectivity index (χ0) is 21.8. The number of nitrogens with zero attached hydrogens (tertiary/aromatic N) is 3. The number of carbonyl (C=O) groups is 2. The Balaban J connectivity index is 1.31. The van der Waals surface area contributed by atoms with Crippen molar-refractivity contribution >= 4 is 17.5 Å². The first-order chi connectivity index (χ1) is 15.0. The molecule has 2 aromatic carbocycles. The van der Waals surface area contributed by atoms with Gasteiger partial charge in [-0.2, -0.15) is 0 Å². The summed E-state index contributed by atoms with van der Waals surface area (Å²) in [4.78, 5) is 30.9. The number of piperazine rings is 1. The molecule has 0 unspecified atom stereocenters. The molecule has 1 saturated heterocycles. The van der Waals surface area contributed by atoms with E-state index in [9.17, 15) is 9.59 Å². The molecule has 0 spiro atoms. The van der Waals surface area contributed by atoms with Crippen molar-refractivity contribution in [2.24, 2.45) is 0 Å². The van der Waals surface area contributed by atoms with Crippen LogP contribution in [0.15, 0.2) is 42.5 Å². The van der Waals surface area contributed by atoms with Crippen LogP contribution in [-0.2, 0) is 11.2 Å². The number of benzene rings is 2. The number of carbonyl (C=O) groups excluding carboxylic acids is 2. The van der Waals surface area contributed by atoms with Gasteiger partial charge in [-0.25, -0.2) is 0 Å². The van der Waals surface area contributed by atoms with Gasteiger partial charge in [0.05, 0.1) is 0 Å². The zero-order valence-electron chi connectivity index (χ0n) is 18.6. The summed E-state index contributed by atoms with van der Waals surface area (Å²) >= 11 is 0. The number of hydrogen-bond donors (Lipinski definition) is 1. The van der Waals surface area contributed by atoms with E-state index in [-0.39, 0.29) is 11.8 Å². The number of likely N-dealkylation sites (N-methyl/N-ethyl adjacent to an activating group) is 1. The number of fused-ring (bicyclic) bond motifs is 1. The third kappa shape index (κ3) is 4.97. The third-order valence-corrected chi connectivity index (χ3v) is 6.46. The molecule has 2 aliphatic rings. The highest BCUT2D eigenvalue weighted by molar-refractivity contribution is 5.95. The molecule has 2 aliphatic heterocycles. The molecule has 1 fully saturated rings. The number of nitrogens with one attached hydrogen (secondary N) is 1. The van der Waals surface area contributed by atoms with Crippen molar-refractivity contribution in [2.75, 3.05) is 57.3 Å². The van der Waals surface area contributed by atoms with Crippen LogP contribution >= 0.6 is 0 Å². The summed E-state index contributed by atoms with van der Waals surface area (Å²) in [5.74, 6) is 0.0647. The number of amides is 2. The van der Waals surface area contributed by atoms with Gasteiger partial charge in [-0.1, -0.05) is 25.1 Å². The first kappa shape index (κ1) is 21.5. The van der Waals surface area contributed by atoms with E-state index < -0.39 is 0 Å². The maximum absolute atomic E-state index is 12.5. The van der Waals surface area contributed by atoms with Crippen LogP contribution in [-0.4, -0.2) is 74.0 Å². The van der Waals surface area contributed by atoms with Crippen LogP contribution < -0.4 is 10.2 Å². The van der Waals surface area contributed by atoms with Crippen molar-refractivity contribution in [2.45, 2.75) is 20.3 Å². The van der Waals surface area contributed by atoms with E-state index in [1.165, 1.54) is 5.56 Å². The molecule has 164 valence electrons. The van der Waals surface area contributed by atoms with Crippen LogP contribution in [0.5, 0.6) is 0 Å². The minimum atomic E-state index is -0.0233. The second kappa shape index (κ2) is 9.62. The van der Waals surface area contributed by atoms with Gasteiger partial charge in [0.1, 0.15) is 0 Å². The quantitative estimate of drug-likeness (QED) is 0.781. The maximum Gasteiger partial charge on any atom is 0.251 e. The highest BCUT2D eigenvalue weighted by atomic mass is 16.2.